The van der Waals surface area contributed by atoms with Gasteiger partial charge in [-0.3, -0.25) is 0 Å². The van der Waals surface area contributed by atoms with Gasteiger partial charge in [0.2, 0.25) is 0 Å². The van der Waals surface area contributed by atoms with Gasteiger partial charge in [0.05, 0.1) is 6.61 Å². The summed E-state index contributed by atoms with van der Waals surface area (Å²) in [6, 6.07) is 0. The molecule has 0 saturated heterocycles. The van der Waals surface area contributed by atoms with Crippen LogP contribution in [0.4, 0.5) is 0 Å². The molecule has 0 atom stereocenters. The fourth-order valence-corrected chi connectivity index (χ4v) is 1.06. The molecule has 5 nitrogen and oxygen atoms in total. The molecule has 0 radical (unpaired) electrons. The number of esters is 1. The number of unbranched alkanes of at least 4 members (excludes halogenated alkanes) is 1. The summed E-state index contributed by atoms with van der Waals surface area (Å²) in [6.45, 7) is 10.2. The molecule has 0 bridgehead atoms. The smallest absolute Gasteiger partial charge is 0.333 e. The van der Waals surface area contributed by atoms with Crippen LogP contribution in [0.2, 0.25) is 0 Å². The van der Waals surface area contributed by atoms with E-state index in [0.29, 0.717) is 17.8 Å². The Balaban J connectivity index is -0.000000315. The van der Waals surface area contributed by atoms with Crippen molar-refractivity contribution in [1.82, 2.24) is 4.90 Å². The van der Waals surface area contributed by atoms with E-state index in [1.54, 1.807) is 19.9 Å². The van der Waals surface area contributed by atoms with E-state index in [-0.39, 0.29) is 18.4 Å². The molecule has 130 valence electrons. The second kappa shape index (κ2) is 16.0. The van der Waals surface area contributed by atoms with E-state index < -0.39 is 5.97 Å². The Morgan fingerprint density at radius 3 is 2.18 bits per heavy atom. The molecule has 22 heavy (non-hydrogen) atoms. The zero-order valence-electron chi connectivity index (χ0n) is 14.3. The molecule has 0 aliphatic carbocycles. The Morgan fingerprint density at radius 2 is 1.82 bits per heavy atom. The van der Waals surface area contributed by atoms with Gasteiger partial charge in [0.1, 0.15) is 0 Å². The molecule has 0 saturated carbocycles. The second-order valence-corrected chi connectivity index (χ2v) is 5.05. The minimum absolute atomic E-state index is 0. The summed E-state index contributed by atoms with van der Waals surface area (Å²) in [5, 5.41) is 8.47. The number of carboxylic acid groups (broad SMARTS) is 1. The van der Waals surface area contributed by atoms with Crippen molar-refractivity contribution < 1.29 is 19.4 Å². The number of rotatable bonds is 8. The van der Waals surface area contributed by atoms with Gasteiger partial charge in [-0.15, -0.1) is 12.4 Å². The molecular weight excluding hydrogens is 306 g/mol. The van der Waals surface area contributed by atoms with Crippen LogP contribution in [0.25, 0.3) is 0 Å². The van der Waals surface area contributed by atoms with Gasteiger partial charge >= 0.3 is 11.9 Å². The first kappa shape index (κ1) is 25.6. The van der Waals surface area contributed by atoms with E-state index in [1.807, 2.05) is 19.0 Å². The molecule has 6 heteroatoms. The Morgan fingerprint density at radius 1 is 1.27 bits per heavy atom. The van der Waals surface area contributed by atoms with Crippen LogP contribution in [0.15, 0.2) is 23.8 Å². The van der Waals surface area contributed by atoms with E-state index in [0.717, 1.165) is 25.8 Å². The number of nitrogens with zero attached hydrogens (tertiary/aromatic N) is 1. The molecule has 0 spiro atoms. The van der Waals surface area contributed by atoms with E-state index in [4.69, 9.17) is 9.84 Å². The topological polar surface area (TPSA) is 66.8 Å². The van der Waals surface area contributed by atoms with Crippen molar-refractivity contribution in [1.29, 1.82) is 0 Å². The van der Waals surface area contributed by atoms with Crippen molar-refractivity contribution in [2.24, 2.45) is 0 Å². The van der Waals surface area contributed by atoms with Crippen molar-refractivity contribution in [3.05, 3.63) is 23.8 Å². The zero-order chi connectivity index (χ0) is 16.8. The normalized spacial score (nSPS) is 10.2. The predicted octanol–water partition coefficient (Wildman–Crippen LogP) is 3.30. The molecular formula is C16H30ClNO4. The fourth-order valence-electron chi connectivity index (χ4n) is 1.06. The van der Waals surface area contributed by atoms with Gasteiger partial charge in [-0.1, -0.05) is 26.0 Å². The lowest BCUT2D eigenvalue weighted by atomic mass is 10.2. The number of hydrogen-bond acceptors (Lipinski definition) is 4. The number of ether oxygens (including phenoxy) is 1. The molecule has 0 fully saturated rings. The van der Waals surface area contributed by atoms with Crippen molar-refractivity contribution in [3.63, 3.8) is 0 Å². The highest BCUT2D eigenvalue weighted by atomic mass is 35.5. The van der Waals surface area contributed by atoms with Crippen LogP contribution < -0.4 is 0 Å². The summed E-state index contributed by atoms with van der Waals surface area (Å²) in [5.74, 6) is -1.11. The highest BCUT2D eigenvalue weighted by molar-refractivity contribution is 5.87. The van der Waals surface area contributed by atoms with E-state index in [1.165, 1.54) is 0 Å². The third kappa shape index (κ3) is 18.7. The highest BCUT2D eigenvalue weighted by Gasteiger charge is 2.00. The summed E-state index contributed by atoms with van der Waals surface area (Å²) in [4.78, 5) is 23.0. The Labute approximate surface area is 140 Å². The number of halogens is 1. The number of carboxylic acids is 1. The van der Waals surface area contributed by atoms with Gasteiger partial charge in [-0.2, -0.15) is 0 Å². The molecule has 0 aromatic rings. The summed E-state index contributed by atoms with van der Waals surface area (Å²) in [6.07, 6.45) is 4.51. The number of hydrogen-bond donors (Lipinski definition) is 1. The summed E-state index contributed by atoms with van der Waals surface area (Å²) < 4.78 is 4.81. The van der Waals surface area contributed by atoms with Crippen LogP contribution in [-0.2, 0) is 14.3 Å². The van der Waals surface area contributed by atoms with Crippen LogP contribution in [0.5, 0.6) is 0 Å². The molecule has 0 aliphatic rings. The lowest BCUT2D eigenvalue weighted by Crippen LogP contribution is -2.12. The van der Waals surface area contributed by atoms with Crippen LogP contribution in [0.1, 0.15) is 40.0 Å². The Kier molecular flexibility index (Phi) is 18.7. The highest BCUT2D eigenvalue weighted by Crippen LogP contribution is 1.95. The number of carbonyl (C=O) groups is 2. The van der Waals surface area contributed by atoms with Gasteiger partial charge in [-0.25, -0.2) is 9.59 Å². The van der Waals surface area contributed by atoms with Gasteiger partial charge in [-0.05, 0) is 40.8 Å². The maximum absolute atomic E-state index is 10.7. The monoisotopic (exact) mass is 335 g/mol. The maximum atomic E-state index is 10.7. The van der Waals surface area contributed by atoms with Crippen molar-refractivity contribution in [3.8, 4) is 0 Å². The quantitative estimate of drug-likeness (QED) is 0.419. The lowest BCUT2D eigenvalue weighted by molar-refractivity contribution is -0.139. The van der Waals surface area contributed by atoms with Crippen molar-refractivity contribution in [2.45, 2.75) is 40.0 Å². The summed E-state index contributed by atoms with van der Waals surface area (Å²) in [7, 11) is 3.92. The molecule has 0 aromatic carbocycles. The fraction of sp³-hybridized carbons (Fsp3) is 0.625. The third-order valence-electron chi connectivity index (χ3n) is 2.44. The van der Waals surface area contributed by atoms with Crippen LogP contribution in [0, 0.1) is 0 Å². The first-order chi connectivity index (χ1) is 9.72. The molecule has 0 amide bonds. The molecule has 0 aromatic heterocycles. The van der Waals surface area contributed by atoms with E-state index >= 15 is 0 Å². The zero-order valence-corrected chi connectivity index (χ0v) is 15.2. The van der Waals surface area contributed by atoms with Gasteiger partial charge in [0.15, 0.2) is 0 Å². The molecule has 1 N–H and O–H groups in total. The number of carbonyl (C=O) groups excluding carboxylic acids is 1. The minimum atomic E-state index is -0.830. The molecule has 0 aliphatic heterocycles. The number of aliphatic carboxylic acids is 1. The Hall–Kier alpha value is -1.33. The summed E-state index contributed by atoms with van der Waals surface area (Å²) >= 11 is 0. The SMILES string of the molecule is C=C(C)C(=O)OCCCC.CC(=CCCN(C)C)C(=O)O.Cl. The Bertz CT molecular complexity index is 365. The second-order valence-electron chi connectivity index (χ2n) is 5.05. The van der Waals surface area contributed by atoms with Crippen LogP contribution in [-0.4, -0.2) is 49.2 Å². The van der Waals surface area contributed by atoms with E-state index in [9.17, 15) is 9.59 Å². The third-order valence-corrected chi connectivity index (χ3v) is 2.44. The van der Waals surface area contributed by atoms with Crippen molar-refractivity contribution in [2.75, 3.05) is 27.2 Å². The maximum Gasteiger partial charge on any atom is 0.333 e. The molecule has 0 heterocycles. The van der Waals surface area contributed by atoms with Gasteiger partial charge in [0, 0.05) is 17.7 Å². The van der Waals surface area contributed by atoms with Gasteiger partial charge in [0.25, 0.3) is 0 Å². The first-order valence-corrected chi connectivity index (χ1v) is 7.09. The average molecular weight is 336 g/mol. The molecule has 0 rings (SSSR count). The molecule has 0 unspecified atom stereocenters. The van der Waals surface area contributed by atoms with Gasteiger partial charge < -0.3 is 14.7 Å². The first-order valence-electron chi connectivity index (χ1n) is 7.09. The predicted molar refractivity (Wildman–Crippen MR) is 92.5 cm³/mol. The van der Waals surface area contributed by atoms with Crippen LogP contribution in [0.3, 0.4) is 0 Å². The minimum Gasteiger partial charge on any atom is -0.478 e. The standard InChI is InChI=1S/C8H15NO2.C8H14O2.ClH/c1-7(8(10)11)5-4-6-9(2)3;1-4-5-6-10-8(9)7(2)3;/h5H,4,6H2,1-3H3,(H,10,11);2,4-6H2,1,3H3;1H. The lowest BCUT2D eigenvalue weighted by Gasteiger charge is -2.05. The van der Waals surface area contributed by atoms with E-state index in [2.05, 4.69) is 13.5 Å². The average Bonchev–Trinajstić information content (AvgIpc) is 2.38. The van der Waals surface area contributed by atoms with Crippen molar-refractivity contribution >= 4 is 24.3 Å². The summed E-state index contributed by atoms with van der Waals surface area (Å²) in [5.41, 5.74) is 0.892. The largest absolute Gasteiger partial charge is 0.478 e. The van der Waals surface area contributed by atoms with Crippen LogP contribution >= 0.6 is 12.4 Å².